The van der Waals surface area contributed by atoms with Crippen molar-refractivity contribution >= 4 is 26.5 Å². The predicted molar refractivity (Wildman–Crippen MR) is 101 cm³/mol. The number of benzene rings is 1. The number of carbonyl (C=O) groups is 1. The van der Waals surface area contributed by atoms with Crippen molar-refractivity contribution in [2.45, 2.75) is 25.4 Å². The Hall–Kier alpha value is -1.99. The fourth-order valence-electron chi connectivity index (χ4n) is 4.19. The smallest absolute Gasteiger partial charge is 0.272 e. The van der Waals surface area contributed by atoms with E-state index in [1.54, 1.807) is 17.2 Å². The minimum absolute atomic E-state index is 0.0528. The van der Waals surface area contributed by atoms with E-state index in [0.29, 0.717) is 18.8 Å². The van der Waals surface area contributed by atoms with Crippen molar-refractivity contribution in [2.24, 2.45) is 0 Å². The number of nitrogens with zero attached hydrogens (tertiary/aromatic N) is 3. The highest BCUT2D eigenvalue weighted by atomic mass is 32.2. The minimum atomic E-state index is -3.12. The molecule has 26 heavy (non-hydrogen) atoms. The molecule has 2 saturated heterocycles. The SMILES string of the molecule is CCCN1CCN(C(=O)c2cc3ccccc3cn2)[C@H]2CS(=O)(=O)C[C@H]21. The molecule has 1 aromatic carbocycles. The number of hydrogen-bond acceptors (Lipinski definition) is 5. The lowest BCUT2D eigenvalue weighted by molar-refractivity contribution is 0.0328. The van der Waals surface area contributed by atoms with Crippen LogP contribution in [0.3, 0.4) is 0 Å². The highest BCUT2D eigenvalue weighted by molar-refractivity contribution is 7.91. The van der Waals surface area contributed by atoms with E-state index in [4.69, 9.17) is 0 Å². The van der Waals surface area contributed by atoms with Gasteiger partial charge in [-0.2, -0.15) is 0 Å². The Labute approximate surface area is 153 Å². The van der Waals surface area contributed by atoms with E-state index in [1.807, 2.05) is 24.3 Å². The minimum Gasteiger partial charge on any atom is -0.330 e. The van der Waals surface area contributed by atoms with Crippen LogP contribution < -0.4 is 0 Å². The molecule has 3 heterocycles. The van der Waals surface area contributed by atoms with Crippen LogP contribution in [0, 0.1) is 0 Å². The fraction of sp³-hybridized carbons (Fsp3) is 0.474. The molecule has 2 aliphatic heterocycles. The molecule has 2 fully saturated rings. The molecule has 2 aliphatic rings. The van der Waals surface area contributed by atoms with Gasteiger partial charge in [-0.3, -0.25) is 14.7 Å². The molecule has 4 rings (SSSR count). The van der Waals surface area contributed by atoms with Gasteiger partial charge >= 0.3 is 0 Å². The van der Waals surface area contributed by atoms with E-state index in [9.17, 15) is 13.2 Å². The van der Waals surface area contributed by atoms with Gasteiger partial charge in [0, 0.05) is 30.7 Å². The first-order chi connectivity index (χ1) is 12.5. The summed E-state index contributed by atoms with van der Waals surface area (Å²) >= 11 is 0. The first-order valence-corrected chi connectivity index (χ1v) is 10.9. The normalized spacial score (nSPS) is 25.3. The van der Waals surface area contributed by atoms with Gasteiger partial charge in [-0.05, 0) is 24.4 Å². The highest BCUT2D eigenvalue weighted by Gasteiger charge is 2.47. The molecule has 2 aromatic rings. The van der Waals surface area contributed by atoms with Crippen LogP contribution in [0.1, 0.15) is 23.8 Å². The first-order valence-electron chi connectivity index (χ1n) is 9.09. The zero-order chi connectivity index (χ0) is 18.3. The summed E-state index contributed by atoms with van der Waals surface area (Å²) < 4.78 is 24.5. The van der Waals surface area contributed by atoms with E-state index in [0.717, 1.165) is 23.7 Å². The van der Waals surface area contributed by atoms with Gasteiger partial charge < -0.3 is 4.90 Å². The van der Waals surface area contributed by atoms with E-state index in [1.165, 1.54) is 0 Å². The van der Waals surface area contributed by atoms with Gasteiger partial charge in [-0.25, -0.2) is 8.42 Å². The summed E-state index contributed by atoms with van der Waals surface area (Å²) in [6, 6.07) is 9.20. The third-order valence-electron chi connectivity index (χ3n) is 5.41. The Morgan fingerprint density at radius 3 is 2.65 bits per heavy atom. The lowest BCUT2D eigenvalue weighted by Crippen LogP contribution is -2.60. The molecule has 0 aliphatic carbocycles. The average Bonchev–Trinajstić information content (AvgIpc) is 2.96. The van der Waals surface area contributed by atoms with Crippen molar-refractivity contribution in [2.75, 3.05) is 31.1 Å². The van der Waals surface area contributed by atoms with Gasteiger partial charge in [0.1, 0.15) is 5.69 Å². The number of fused-ring (bicyclic) bond motifs is 2. The van der Waals surface area contributed by atoms with Crippen LogP contribution >= 0.6 is 0 Å². The number of pyridine rings is 1. The average molecular weight is 373 g/mol. The van der Waals surface area contributed by atoms with Crippen LogP contribution in [0.25, 0.3) is 10.8 Å². The van der Waals surface area contributed by atoms with Crippen molar-refractivity contribution < 1.29 is 13.2 Å². The Kier molecular flexibility index (Phi) is 4.44. The lowest BCUT2D eigenvalue weighted by atomic mass is 10.0. The van der Waals surface area contributed by atoms with E-state index in [2.05, 4.69) is 16.8 Å². The van der Waals surface area contributed by atoms with Gasteiger partial charge in [0.15, 0.2) is 9.84 Å². The zero-order valence-corrected chi connectivity index (χ0v) is 15.7. The molecule has 0 saturated carbocycles. The molecule has 1 aromatic heterocycles. The third kappa shape index (κ3) is 3.10. The molecule has 0 N–H and O–H groups in total. The second kappa shape index (κ2) is 6.63. The monoisotopic (exact) mass is 373 g/mol. The lowest BCUT2D eigenvalue weighted by Gasteiger charge is -2.43. The molecule has 0 spiro atoms. The number of hydrogen-bond donors (Lipinski definition) is 0. The Balaban J connectivity index is 1.64. The van der Waals surface area contributed by atoms with Gasteiger partial charge in [-0.1, -0.05) is 31.2 Å². The van der Waals surface area contributed by atoms with Gasteiger partial charge in [-0.15, -0.1) is 0 Å². The summed E-state index contributed by atoms with van der Waals surface area (Å²) in [5, 5.41) is 1.95. The predicted octanol–water partition coefficient (Wildman–Crippen LogP) is 1.57. The quantitative estimate of drug-likeness (QED) is 0.817. The molecule has 1 amide bonds. The number of sulfone groups is 1. The third-order valence-corrected chi connectivity index (χ3v) is 7.11. The molecular weight excluding hydrogens is 350 g/mol. The largest absolute Gasteiger partial charge is 0.330 e. The van der Waals surface area contributed by atoms with Gasteiger partial charge in [0.05, 0.1) is 17.5 Å². The van der Waals surface area contributed by atoms with Crippen LogP contribution in [-0.4, -0.2) is 72.3 Å². The topological polar surface area (TPSA) is 70.6 Å². The van der Waals surface area contributed by atoms with Crippen molar-refractivity contribution in [3.63, 3.8) is 0 Å². The number of carbonyl (C=O) groups excluding carboxylic acids is 1. The maximum absolute atomic E-state index is 13.1. The summed E-state index contributed by atoms with van der Waals surface area (Å²) in [5.41, 5.74) is 0.385. The molecule has 2 atom stereocenters. The summed E-state index contributed by atoms with van der Waals surface area (Å²) in [5.74, 6) is 0.0306. The number of amides is 1. The van der Waals surface area contributed by atoms with Crippen LogP contribution in [0.5, 0.6) is 0 Å². The van der Waals surface area contributed by atoms with Crippen molar-refractivity contribution in [3.8, 4) is 0 Å². The Morgan fingerprint density at radius 1 is 1.15 bits per heavy atom. The Morgan fingerprint density at radius 2 is 1.88 bits per heavy atom. The summed E-state index contributed by atoms with van der Waals surface area (Å²) in [7, 11) is -3.12. The molecule has 138 valence electrons. The number of aromatic nitrogens is 1. The molecular formula is C19H23N3O3S. The van der Waals surface area contributed by atoms with Gasteiger partial charge in [0.2, 0.25) is 0 Å². The zero-order valence-electron chi connectivity index (χ0n) is 14.8. The van der Waals surface area contributed by atoms with Crippen LogP contribution in [-0.2, 0) is 9.84 Å². The highest BCUT2D eigenvalue weighted by Crippen LogP contribution is 2.28. The second-order valence-electron chi connectivity index (χ2n) is 7.16. The van der Waals surface area contributed by atoms with Crippen LogP contribution in [0.2, 0.25) is 0 Å². The molecule has 6 nitrogen and oxygen atoms in total. The van der Waals surface area contributed by atoms with Crippen molar-refractivity contribution in [1.82, 2.24) is 14.8 Å². The molecule has 0 radical (unpaired) electrons. The van der Waals surface area contributed by atoms with E-state index < -0.39 is 9.84 Å². The second-order valence-corrected chi connectivity index (χ2v) is 9.32. The van der Waals surface area contributed by atoms with Crippen LogP contribution in [0.15, 0.2) is 36.5 Å². The fourth-order valence-corrected chi connectivity index (χ4v) is 6.20. The van der Waals surface area contributed by atoms with Gasteiger partial charge in [0.25, 0.3) is 5.91 Å². The number of piperazine rings is 1. The van der Waals surface area contributed by atoms with Crippen molar-refractivity contribution in [3.05, 3.63) is 42.2 Å². The standard InChI is InChI=1S/C19H23N3O3S/c1-2-7-21-8-9-22(18-13-26(24,25)12-17(18)21)19(23)16-10-14-5-3-4-6-15(14)11-20-16/h3-6,10-11,17-18H,2,7-9,12-13H2,1H3/t17-,18+/m1/s1. The maximum atomic E-state index is 13.1. The van der Waals surface area contributed by atoms with E-state index in [-0.39, 0.29) is 29.5 Å². The summed E-state index contributed by atoms with van der Waals surface area (Å²) in [6.07, 6.45) is 2.68. The van der Waals surface area contributed by atoms with Crippen molar-refractivity contribution in [1.29, 1.82) is 0 Å². The summed E-state index contributed by atoms with van der Waals surface area (Å²) in [6.45, 7) is 4.22. The molecule has 7 heteroatoms. The maximum Gasteiger partial charge on any atom is 0.272 e. The Bertz CT molecular complexity index is 944. The number of rotatable bonds is 3. The first kappa shape index (κ1) is 17.4. The summed E-state index contributed by atoms with van der Waals surface area (Å²) in [4.78, 5) is 21.4. The van der Waals surface area contributed by atoms with E-state index >= 15 is 0 Å². The molecule has 0 bridgehead atoms. The molecule has 0 unspecified atom stereocenters. The van der Waals surface area contributed by atoms with Crippen LogP contribution in [0.4, 0.5) is 0 Å².